The molecule has 4 rings (SSSR count). The van der Waals surface area contributed by atoms with Gasteiger partial charge in [0.25, 0.3) is 0 Å². The number of para-hydroxylation sites is 1. The van der Waals surface area contributed by atoms with Gasteiger partial charge in [-0.25, -0.2) is 19.6 Å². The Balaban J connectivity index is 1.49. The van der Waals surface area contributed by atoms with Crippen LogP contribution in [-0.4, -0.2) is 63.3 Å². The van der Waals surface area contributed by atoms with E-state index in [1.165, 1.54) is 0 Å². The number of aryl methyl sites for hydroxylation is 2. The van der Waals surface area contributed by atoms with Crippen LogP contribution in [0.3, 0.4) is 0 Å². The quantitative estimate of drug-likeness (QED) is 0.507. The lowest BCUT2D eigenvalue weighted by Gasteiger charge is -2.36. The standard InChI is InChI=1S/C23H30N8/c1-4-24-22(29-12-14-30(15-13-29)23-25-10-7-11-26-23)27-17-20-8-5-6-9-21(20)31-19(3)16-18(2)28-31/h5-11,16H,4,12-15,17H2,1-3H3,(H,24,27). The molecule has 0 bridgehead atoms. The van der Waals surface area contributed by atoms with Crippen molar-refractivity contribution in [3.63, 3.8) is 0 Å². The lowest BCUT2D eigenvalue weighted by Crippen LogP contribution is -2.53. The zero-order valence-corrected chi connectivity index (χ0v) is 18.5. The van der Waals surface area contributed by atoms with Gasteiger partial charge in [-0.3, -0.25) is 0 Å². The van der Waals surface area contributed by atoms with Gasteiger partial charge in [-0.1, -0.05) is 18.2 Å². The van der Waals surface area contributed by atoms with E-state index < -0.39 is 0 Å². The monoisotopic (exact) mass is 418 g/mol. The Morgan fingerprint density at radius 2 is 1.77 bits per heavy atom. The molecule has 1 saturated heterocycles. The van der Waals surface area contributed by atoms with E-state index in [1.54, 1.807) is 12.4 Å². The minimum Gasteiger partial charge on any atom is -0.357 e. The minimum atomic E-state index is 0.596. The molecule has 1 fully saturated rings. The molecule has 3 heterocycles. The van der Waals surface area contributed by atoms with E-state index in [0.717, 1.165) is 67.3 Å². The van der Waals surface area contributed by atoms with Gasteiger partial charge < -0.3 is 15.1 Å². The normalized spacial score (nSPS) is 14.7. The van der Waals surface area contributed by atoms with Gasteiger partial charge in [0.15, 0.2) is 5.96 Å². The van der Waals surface area contributed by atoms with Gasteiger partial charge in [0.05, 0.1) is 17.9 Å². The van der Waals surface area contributed by atoms with Crippen LogP contribution in [0.15, 0.2) is 53.8 Å². The largest absolute Gasteiger partial charge is 0.357 e. The number of rotatable bonds is 5. The highest BCUT2D eigenvalue weighted by atomic mass is 15.4. The molecule has 31 heavy (non-hydrogen) atoms. The van der Waals surface area contributed by atoms with Crippen molar-refractivity contribution in [1.82, 2.24) is 30.0 Å². The van der Waals surface area contributed by atoms with Crippen LogP contribution in [-0.2, 0) is 6.54 Å². The zero-order valence-electron chi connectivity index (χ0n) is 18.5. The summed E-state index contributed by atoms with van der Waals surface area (Å²) in [5.41, 5.74) is 4.38. The Hall–Kier alpha value is -3.42. The van der Waals surface area contributed by atoms with Crippen LogP contribution in [0, 0.1) is 13.8 Å². The van der Waals surface area contributed by atoms with Gasteiger partial charge in [-0.15, -0.1) is 0 Å². The molecule has 1 aromatic carbocycles. The predicted molar refractivity (Wildman–Crippen MR) is 124 cm³/mol. The maximum Gasteiger partial charge on any atom is 0.225 e. The molecule has 1 aliphatic heterocycles. The van der Waals surface area contributed by atoms with Gasteiger partial charge in [0.1, 0.15) is 0 Å². The Bertz CT molecular complexity index is 1020. The first-order valence-electron chi connectivity index (χ1n) is 10.8. The molecule has 0 atom stereocenters. The second kappa shape index (κ2) is 9.59. The van der Waals surface area contributed by atoms with Crippen LogP contribution < -0.4 is 10.2 Å². The van der Waals surface area contributed by atoms with Crippen LogP contribution in [0.2, 0.25) is 0 Å². The fourth-order valence-electron chi connectivity index (χ4n) is 3.88. The number of hydrogen-bond donors (Lipinski definition) is 1. The first-order chi connectivity index (χ1) is 15.2. The molecule has 8 heteroatoms. The van der Waals surface area contributed by atoms with Gasteiger partial charge in [-0.05, 0) is 44.5 Å². The lowest BCUT2D eigenvalue weighted by molar-refractivity contribution is 0.370. The molecular formula is C23H30N8. The molecule has 2 aromatic heterocycles. The number of piperazine rings is 1. The first-order valence-corrected chi connectivity index (χ1v) is 10.8. The number of nitrogens with one attached hydrogen (secondary N) is 1. The summed E-state index contributed by atoms with van der Waals surface area (Å²) < 4.78 is 2.01. The Kier molecular flexibility index (Phi) is 6.45. The summed E-state index contributed by atoms with van der Waals surface area (Å²) in [6.07, 6.45) is 3.58. The van der Waals surface area contributed by atoms with Crippen molar-refractivity contribution in [3.05, 3.63) is 65.7 Å². The van der Waals surface area contributed by atoms with Crippen molar-refractivity contribution < 1.29 is 0 Å². The fraction of sp³-hybridized carbons (Fsp3) is 0.391. The highest BCUT2D eigenvalue weighted by Gasteiger charge is 2.21. The molecule has 0 unspecified atom stereocenters. The average molecular weight is 419 g/mol. The molecule has 0 saturated carbocycles. The maximum atomic E-state index is 4.97. The third-order valence-corrected chi connectivity index (χ3v) is 5.38. The van der Waals surface area contributed by atoms with Crippen LogP contribution in [0.4, 0.5) is 5.95 Å². The Labute approximate surface area is 183 Å². The van der Waals surface area contributed by atoms with E-state index in [2.05, 4.69) is 74.4 Å². The average Bonchev–Trinajstić information content (AvgIpc) is 3.15. The molecule has 0 spiro atoms. The smallest absolute Gasteiger partial charge is 0.225 e. The number of hydrogen-bond acceptors (Lipinski definition) is 5. The third kappa shape index (κ3) is 4.84. The molecule has 1 aliphatic rings. The second-order valence-corrected chi connectivity index (χ2v) is 7.66. The molecule has 8 nitrogen and oxygen atoms in total. The summed E-state index contributed by atoms with van der Waals surface area (Å²) in [5.74, 6) is 1.74. The number of nitrogens with zero attached hydrogens (tertiary/aromatic N) is 7. The van der Waals surface area contributed by atoms with Gasteiger partial charge in [0, 0.05) is 50.8 Å². The predicted octanol–water partition coefficient (Wildman–Crippen LogP) is 2.57. The summed E-state index contributed by atoms with van der Waals surface area (Å²) in [6.45, 7) is 11.1. The van der Waals surface area contributed by atoms with Gasteiger partial charge >= 0.3 is 0 Å². The molecule has 162 valence electrons. The van der Waals surface area contributed by atoms with E-state index in [0.29, 0.717) is 6.54 Å². The van der Waals surface area contributed by atoms with Crippen molar-refractivity contribution in [3.8, 4) is 5.69 Å². The number of benzene rings is 1. The molecule has 3 aromatic rings. The van der Waals surface area contributed by atoms with E-state index in [1.807, 2.05) is 17.7 Å². The Morgan fingerprint density at radius 3 is 2.45 bits per heavy atom. The molecule has 0 aliphatic carbocycles. The molecule has 0 amide bonds. The first kappa shape index (κ1) is 20.8. The summed E-state index contributed by atoms with van der Waals surface area (Å²) in [6, 6.07) is 12.3. The molecule has 0 radical (unpaired) electrons. The highest BCUT2D eigenvalue weighted by molar-refractivity contribution is 5.80. The van der Waals surface area contributed by atoms with Crippen LogP contribution >= 0.6 is 0 Å². The summed E-state index contributed by atoms with van der Waals surface area (Å²) in [7, 11) is 0. The van der Waals surface area contributed by atoms with Gasteiger partial charge in [0.2, 0.25) is 5.95 Å². The number of aromatic nitrogens is 4. The molecule has 1 N–H and O–H groups in total. The zero-order chi connectivity index (χ0) is 21.6. The van der Waals surface area contributed by atoms with E-state index >= 15 is 0 Å². The topological polar surface area (TPSA) is 74.5 Å². The van der Waals surface area contributed by atoms with Crippen molar-refractivity contribution in [2.24, 2.45) is 4.99 Å². The summed E-state index contributed by atoms with van der Waals surface area (Å²) in [4.78, 5) is 18.3. The number of anilines is 1. The van der Waals surface area contributed by atoms with E-state index in [9.17, 15) is 0 Å². The van der Waals surface area contributed by atoms with Crippen molar-refractivity contribution in [1.29, 1.82) is 0 Å². The summed E-state index contributed by atoms with van der Waals surface area (Å²) in [5, 5.41) is 8.11. The Morgan fingerprint density at radius 1 is 1.03 bits per heavy atom. The van der Waals surface area contributed by atoms with Crippen LogP contribution in [0.25, 0.3) is 5.69 Å². The van der Waals surface area contributed by atoms with Crippen LogP contribution in [0.5, 0.6) is 0 Å². The van der Waals surface area contributed by atoms with Crippen LogP contribution in [0.1, 0.15) is 23.9 Å². The van der Waals surface area contributed by atoms with Crippen molar-refractivity contribution >= 4 is 11.9 Å². The summed E-state index contributed by atoms with van der Waals surface area (Å²) >= 11 is 0. The minimum absolute atomic E-state index is 0.596. The van der Waals surface area contributed by atoms with E-state index in [-0.39, 0.29) is 0 Å². The van der Waals surface area contributed by atoms with Crippen molar-refractivity contribution in [2.75, 3.05) is 37.6 Å². The number of guanidine groups is 1. The number of aliphatic imine (C=N–C) groups is 1. The third-order valence-electron chi connectivity index (χ3n) is 5.38. The second-order valence-electron chi connectivity index (χ2n) is 7.66. The lowest BCUT2D eigenvalue weighted by atomic mass is 10.2. The maximum absolute atomic E-state index is 4.97. The molecular weight excluding hydrogens is 388 g/mol. The van der Waals surface area contributed by atoms with Gasteiger partial charge in [-0.2, -0.15) is 5.10 Å². The van der Waals surface area contributed by atoms with E-state index in [4.69, 9.17) is 4.99 Å². The fourth-order valence-corrected chi connectivity index (χ4v) is 3.88. The highest BCUT2D eigenvalue weighted by Crippen LogP contribution is 2.18. The van der Waals surface area contributed by atoms with Crippen molar-refractivity contribution in [2.45, 2.75) is 27.3 Å². The SMILES string of the molecule is CCNC(=NCc1ccccc1-n1nc(C)cc1C)N1CCN(c2ncccn2)CC1.